The lowest BCUT2D eigenvalue weighted by Gasteiger charge is -2.21. The maximum atomic E-state index is 11.4. The van der Waals surface area contributed by atoms with Crippen LogP contribution in [0.4, 0.5) is 0 Å². The van der Waals surface area contributed by atoms with Crippen LogP contribution < -0.4 is 5.32 Å². The SMILES string of the molecule is CCCCCC(=O)NCC(Cl)CC(C)(C)C. The maximum Gasteiger partial charge on any atom is 0.220 e. The standard InChI is InChI=1S/C13H26ClNO/c1-5-6-7-8-12(16)15-10-11(14)9-13(2,3)4/h11H,5-10H2,1-4H3,(H,15,16). The Morgan fingerprint density at radius 2 is 1.94 bits per heavy atom. The summed E-state index contributed by atoms with van der Waals surface area (Å²) in [6.45, 7) is 9.20. The van der Waals surface area contributed by atoms with E-state index in [1.165, 1.54) is 0 Å². The zero-order valence-corrected chi connectivity index (χ0v) is 11.9. The molecule has 0 rings (SSSR count). The molecule has 1 N–H and O–H groups in total. The molecular formula is C13H26ClNO. The summed E-state index contributed by atoms with van der Waals surface area (Å²) in [4.78, 5) is 11.4. The first kappa shape index (κ1) is 15.8. The Kier molecular flexibility index (Phi) is 7.82. The van der Waals surface area contributed by atoms with Crippen LogP contribution in [0, 0.1) is 5.41 Å². The zero-order valence-electron chi connectivity index (χ0n) is 11.1. The van der Waals surface area contributed by atoms with Gasteiger partial charge in [-0.3, -0.25) is 4.79 Å². The molecule has 0 fully saturated rings. The van der Waals surface area contributed by atoms with Crippen LogP contribution in [0.2, 0.25) is 0 Å². The van der Waals surface area contributed by atoms with E-state index in [0.29, 0.717) is 13.0 Å². The predicted molar refractivity (Wildman–Crippen MR) is 70.9 cm³/mol. The van der Waals surface area contributed by atoms with Crippen molar-refractivity contribution in [1.82, 2.24) is 5.32 Å². The van der Waals surface area contributed by atoms with Crippen molar-refractivity contribution in [2.75, 3.05) is 6.54 Å². The second kappa shape index (κ2) is 7.94. The molecule has 0 saturated carbocycles. The number of rotatable bonds is 7. The summed E-state index contributed by atoms with van der Waals surface area (Å²) in [7, 11) is 0. The van der Waals surface area contributed by atoms with Crippen LogP contribution >= 0.6 is 11.6 Å². The van der Waals surface area contributed by atoms with Gasteiger partial charge in [-0.25, -0.2) is 0 Å². The normalized spacial score (nSPS) is 13.6. The largest absolute Gasteiger partial charge is 0.355 e. The zero-order chi connectivity index (χ0) is 12.6. The molecule has 0 aromatic heterocycles. The van der Waals surface area contributed by atoms with Crippen LogP contribution in [0.15, 0.2) is 0 Å². The Labute approximate surface area is 105 Å². The van der Waals surface area contributed by atoms with Gasteiger partial charge in [-0.05, 0) is 18.3 Å². The van der Waals surface area contributed by atoms with Crippen LogP contribution in [0.3, 0.4) is 0 Å². The number of hydrogen-bond acceptors (Lipinski definition) is 1. The van der Waals surface area contributed by atoms with Crippen molar-refractivity contribution >= 4 is 17.5 Å². The number of carbonyl (C=O) groups excluding carboxylic acids is 1. The van der Waals surface area contributed by atoms with Crippen molar-refractivity contribution in [3.05, 3.63) is 0 Å². The molecule has 2 nitrogen and oxygen atoms in total. The first-order valence-electron chi connectivity index (χ1n) is 6.26. The summed E-state index contributed by atoms with van der Waals surface area (Å²) in [6, 6.07) is 0. The highest BCUT2D eigenvalue weighted by atomic mass is 35.5. The maximum absolute atomic E-state index is 11.4. The van der Waals surface area contributed by atoms with Crippen molar-refractivity contribution in [2.24, 2.45) is 5.41 Å². The number of halogens is 1. The highest BCUT2D eigenvalue weighted by molar-refractivity contribution is 6.20. The highest BCUT2D eigenvalue weighted by Crippen LogP contribution is 2.23. The second-order valence-electron chi connectivity index (χ2n) is 5.62. The van der Waals surface area contributed by atoms with Crippen molar-refractivity contribution in [2.45, 2.75) is 65.2 Å². The lowest BCUT2D eigenvalue weighted by molar-refractivity contribution is -0.121. The molecule has 1 atom stereocenters. The van der Waals surface area contributed by atoms with E-state index in [1.807, 2.05) is 0 Å². The number of hydrogen-bond donors (Lipinski definition) is 1. The van der Waals surface area contributed by atoms with Crippen molar-refractivity contribution < 1.29 is 4.79 Å². The Bertz CT molecular complexity index is 199. The van der Waals surface area contributed by atoms with Crippen molar-refractivity contribution in [3.8, 4) is 0 Å². The molecule has 16 heavy (non-hydrogen) atoms. The van der Waals surface area contributed by atoms with Crippen LogP contribution in [0.1, 0.15) is 59.8 Å². The third-order valence-corrected chi connectivity index (χ3v) is 2.67. The molecule has 0 heterocycles. The fraction of sp³-hybridized carbons (Fsp3) is 0.923. The number of nitrogens with one attached hydrogen (secondary N) is 1. The van der Waals surface area contributed by atoms with E-state index in [1.54, 1.807) is 0 Å². The van der Waals surface area contributed by atoms with E-state index in [-0.39, 0.29) is 16.7 Å². The van der Waals surface area contributed by atoms with Gasteiger partial charge in [0.1, 0.15) is 0 Å². The van der Waals surface area contributed by atoms with Crippen LogP contribution in [-0.2, 0) is 4.79 Å². The minimum Gasteiger partial charge on any atom is -0.355 e. The molecule has 0 aliphatic carbocycles. The van der Waals surface area contributed by atoms with Gasteiger partial charge in [0.05, 0.1) is 5.38 Å². The fourth-order valence-electron chi connectivity index (χ4n) is 1.59. The predicted octanol–water partition coefficient (Wildman–Crippen LogP) is 3.73. The summed E-state index contributed by atoms with van der Waals surface area (Å²) >= 11 is 6.16. The molecule has 0 aliphatic heterocycles. The smallest absolute Gasteiger partial charge is 0.220 e. The van der Waals surface area contributed by atoms with Gasteiger partial charge in [-0.15, -0.1) is 11.6 Å². The molecule has 0 saturated heterocycles. The average Bonchev–Trinajstić information content (AvgIpc) is 2.12. The van der Waals surface area contributed by atoms with Crippen molar-refractivity contribution in [3.63, 3.8) is 0 Å². The van der Waals surface area contributed by atoms with Gasteiger partial charge in [-0.1, -0.05) is 40.5 Å². The molecule has 1 amide bonds. The van der Waals surface area contributed by atoms with Crippen molar-refractivity contribution in [1.29, 1.82) is 0 Å². The molecule has 1 unspecified atom stereocenters. The monoisotopic (exact) mass is 247 g/mol. The molecule has 3 heteroatoms. The van der Waals surface area contributed by atoms with E-state index in [0.717, 1.165) is 25.7 Å². The minimum absolute atomic E-state index is 0.0372. The summed E-state index contributed by atoms with van der Waals surface area (Å²) in [5.41, 5.74) is 0.222. The van der Waals surface area contributed by atoms with E-state index in [9.17, 15) is 4.79 Å². The highest BCUT2D eigenvalue weighted by Gasteiger charge is 2.17. The van der Waals surface area contributed by atoms with Gasteiger partial charge < -0.3 is 5.32 Å². The topological polar surface area (TPSA) is 29.1 Å². The number of carbonyl (C=O) groups is 1. The molecule has 0 spiro atoms. The van der Waals surface area contributed by atoms with E-state index < -0.39 is 0 Å². The van der Waals surface area contributed by atoms with Gasteiger partial charge in [0.2, 0.25) is 5.91 Å². The lowest BCUT2D eigenvalue weighted by Crippen LogP contribution is -2.31. The third-order valence-electron chi connectivity index (χ3n) is 2.36. The molecule has 0 bridgehead atoms. The summed E-state index contributed by atoms with van der Waals surface area (Å²) in [5, 5.41) is 2.93. The van der Waals surface area contributed by atoms with Gasteiger partial charge in [0.15, 0.2) is 0 Å². The number of amides is 1. The average molecular weight is 248 g/mol. The van der Waals surface area contributed by atoms with E-state index >= 15 is 0 Å². The molecule has 0 radical (unpaired) electrons. The molecule has 96 valence electrons. The molecular weight excluding hydrogens is 222 g/mol. The quantitative estimate of drug-likeness (QED) is 0.539. The van der Waals surface area contributed by atoms with Gasteiger partial charge >= 0.3 is 0 Å². The number of alkyl halides is 1. The Balaban J connectivity index is 3.59. The van der Waals surface area contributed by atoms with Crippen LogP contribution in [-0.4, -0.2) is 17.8 Å². The van der Waals surface area contributed by atoms with Gasteiger partial charge in [0, 0.05) is 13.0 Å². The minimum atomic E-state index is 0.0372. The van der Waals surface area contributed by atoms with Gasteiger partial charge in [0.25, 0.3) is 0 Å². The second-order valence-corrected chi connectivity index (χ2v) is 6.24. The third kappa shape index (κ3) is 10.3. The van der Waals surface area contributed by atoms with Crippen LogP contribution in [0.25, 0.3) is 0 Å². The Morgan fingerprint density at radius 3 is 2.44 bits per heavy atom. The lowest BCUT2D eigenvalue weighted by atomic mass is 9.90. The molecule has 0 aromatic carbocycles. The number of unbranched alkanes of at least 4 members (excludes halogenated alkanes) is 2. The van der Waals surface area contributed by atoms with Gasteiger partial charge in [-0.2, -0.15) is 0 Å². The summed E-state index contributed by atoms with van der Waals surface area (Å²) < 4.78 is 0. The summed E-state index contributed by atoms with van der Waals surface area (Å²) in [5.74, 6) is 0.132. The Hall–Kier alpha value is -0.240. The molecule has 0 aliphatic rings. The fourth-order valence-corrected chi connectivity index (χ4v) is 2.13. The van der Waals surface area contributed by atoms with Crippen LogP contribution in [0.5, 0.6) is 0 Å². The first-order valence-corrected chi connectivity index (χ1v) is 6.69. The first-order chi connectivity index (χ1) is 7.35. The summed E-state index contributed by atoms with van der Waals surface area (Å²) in [6.07, 6.45) is 4.81. The Morgan fingerprint density at radius 1 is 1.31 bits per heavy atom. The van der Waals surface area contributed by atoms with E-state index in [2.05, 4.69) is 33.0 Å². The van der Waals surface area contributed by atoms with E-state index in [4.69, 9.17) is 11.6 Å². The molecule has 0 aromatic rings.